The van der Waals surface area contributed by atoms with Gasteiger partial charge in [-0.15, -0.1) is 0 Å². The molecule has 0 aromatic heterocycles. The summed E-state index contributed by atoms with van der Waals surface area (Å²) in [5.74, 6) is 0.541. The number of amidine groups is 2. The number of carboxylic acids is 1. The molecule has 1 heterocycles. The Hall–Kier alpha value is -4.68. The van der Waals surface area contributed by atoms with Gasteiger partial charge in [0.05, 0.1) is 16.8 Å². The largest absolute Gasteiger partial charge is 0.492 e. The van der Waals surface area contributed by atoms with E-state index in [1.54, 1.807) is 31.2 Å². The van der Waals surface area contributed by atoms with Crippen molar-refractivity contribution in [2.75, 3.05) is 19.7 Å². The van der Waals surface area contributed by atoms with Crippen molar-refractivity contribution in [1.82, 2.24) is 9.62 Å². The molecule has 0 spiro atoms. The monoisotopic (exact) mass is 619 g/mol. The summed E-state index contributed by atoms with van der Waals surface area (Å²) in [5, 5.41) is 24.3. The van der Waals surface area contributed by atoms with Crippen LogP contribution in [0.15, 0.2) is 83.8 Å². The Bertz CT molecular complexity index is 1600. The number of carbonyl (C=O) groups is 1. The molecule has 0 radical (unpaired) electrons. The van der Waals surface area contributed by atoms with Crippen molar-refractivity contribution in [3.05, 3.63) is 95.6 Å². The molecule has 44 heavy (non-hydrogen) atoms. The first kappa shape index (κ1) is 32.2. The fraction of sp³-hybridized carbons (Fsp3) is 0.281. The predicted molar refractivity (Wildman–Crippen MR) is 169 cm³/mol. The van der Waals surface area contributed by atoms with Gasteiger partial charge in [-0.2, -0.15) is 0 Å². The van der Waals surface area contributed by atoms with Gasteiger partial charge in [0.25, 0.3) is 0 Å². The Morgan fingerprint density at radius 1 is 1.07 bits per heavy atom. The lowest BCUT2D eigenvalue weighted by Gasteiger charge is -2.32. The number of rotatable bonds is 13. The first-order valence-electron chi connectivity index (χ1n) is 14.1. The van der Waals surface area contributed by atoms with Crippen LogP contribution in [-0.4, -0.2) is 67.9 Å². The fourth-order valence-corrected chi connectivity index (χ4v) is 6.01. The fourth-order valence-electron chi connectivity index (χ4n) is 4.79. The molecule has 3 aromatic rings. The lowest BCUT2D eigenvalue weighted by molar-refractivity contribution is -0.131. The minimum absolute atomic E-state index is 0.00325. The molecular formula is C32H37N5O6S. The summed E-state index contributed by atoms with van der Waals surface area (Å²) in [6.45, 7) is 3.37. The number of carboxylic acid groups (broad SMARTS) is 1. The number of nitrogens with zero attached hydrogens (tertiary/aromatic N) is 1. The second-order valence-electron chi connectivity index (χ2n) is 10.5. The minimum Gasteiger partial charge on any atom is -0.492 e. The number of hydrogen-bond acceptors (Lipinski definition) is 7. The number of ether oxygens (including phenoxy) is 2. The average molecular weight is 620 g/mol. The third-order valence-electron chi connectivity index (χ3n) is 7.15. The van der Waals surface area contributed by atoms with Gasteiger partial charge in [-0.25, -0.2) is 17.9 Å². The van der Waals surface area contributed by atoms with Crippen molar-refractivity contribution in [3.63, 3.8) is 0 Å². The second-order valence-corrected chi connectivity index (χ2v) is 12.3. The average Bonchev–Trinajstić information content (AvgIpc) is 3.00. The van der Waals surface area contributed by atoms with E-state index in [2.05, 4.69) is 4.72 Å². The summed E-state index contributed by atoms with van der Waals surface area (Å²) in [4.78, 5) is 12.9. The van der Waals surface area contributed by atoms with E-state index in [4.69, 9.17) is 31.1 Å². The van der Waals surface area contributed by atoms with Gasteiger partial charge in [0, 0.05) is 37.6 Å². The highest BCUT2D eigenvalue weighted by atomic mass is 32.2. The summed E-state index contributed by atoms with van der Waals surface area (Å²) in [7, 11) is -3.96. The van der Waals surface area contributed by atoms with Crippen LogP contribution in [0, 0.1) is 10.8 Å². The molecule has 232 valence electrons. The molecule has 1 atom stereocenters. The third kappa shape index (κ3) is 9.41. The summed E-state index contributed by atoms with van der Waals surface area (Å²) in [6.07, 6.45) is 4.42. The number of sulfonamides is 1. The molecule has 6 N–H and O–H groups in total. The maximum absolute atomic E-state index is 13.3. The topological polar surface area (TPSA) is 179 Å². The molecule has 0 unspecified atom stereocenters. The summed E-state index contributed by atoms with van der Waals surface area (Å²) in [6, 6.07) is 19.5. The van der Waals surface area contributed by atoms with Crippen molar-refractivity contribution in [3.8, 4) is 11.5 Å². The summed E-state index contributed by atoms with van der Waals surface area (Å²) in [5.41, 5.74) is 7.52. The molecule has 12 heteroatoms. The Morgan fingerprint density at radius 3 is 2.36 bits per heavy atom. The lowest BCUT2D eigenvalue weighted by Crippen LogP contribution is -2.40. The highest BCUT2D eigenvalue weighted by molar-refractivity contribution is 7.89. The number of hydrogen-bond donors (Lipinski definition) is 5. The van der Waals surface area contributed by atoms with Crippen LogP contribution in [0.1, 0.15) is 36.5 Å². The molecule has 11 nitrogen and oxygen atoms in total. The van der Waals surface area contributed by atoms with Crippen molar-refractivity contribution >= 4 is 33.7 Å². The maximum atomic E-state index is 13.3. The SMILES string of the molecule is CC(=N)N1CCC(Oc2ccc(C[C@@H](COc3cccc(C(=N)N)c3)NS(=O)(=O)c3ccc(/C=C/C(=O)O)cc3)cc2)CC1. The van der Waals surface area contributed by atoms with Crippen LogP contribution in [-0.2, 0) is 21.2 Å². The van der Waals surface area contributed by atoms with Crippen molar-refractivity contribution in [2.45, 2.75) is 43.2 Å². The molecule has 0 saturated carbocycles. The van der Waals surface area contributed by atoms with Crippen LogP contribution in [0.5, 0.6) is 11.5 Å². The number of likely N-dealkylation sites (tertiary alicyclic amines) is 1. The molecule has 1 saturated heterocycles. The number of nitrogens with one attached hydrogen (secondary N) is 3. The van der Waals surface area contributed by atoms with Crippen LogP contribution < -0.4 is 19.9 Å². The highest BCUT2D eigenvalue weighted by Crippen LogP contribution is 2.21. The Labute approximate surface area is 257 Å². The predicted octanol–water partition coefficient (Wildman–Crippen LogP) is 3.88. The van der Waals surface area contributed by atoms with E-state index in [0.29, 0.717) is 29.1 Å². The summed E-state index contributed by atoms with van der Waals surface area (Å²) < 4.78 is 41.5. The normalized spacial score (nSPS) is 14.7. The standard InChI is InChI=1S/C32H37N5O6S/c1-22(33)37-17-15-28(16-18-37)43-27-10-5-24(6-11-27)19-26(21-42-29-4-2-3-25(20-29)32(34)35)36-44(40,41)30-12-7-23(8-13-30)9-14-31(38)39/h2-14,20,26,28,33,36H,15-19,21H2,1H3,(H3,34,35)(H,38,39)/b14-9+,33-22?/t26-/m0/s1. The minimum atomic E-state index is -3.96. The zero-order chi connectivity index (χ0) is 31.7. The van der Waals surface area contributed by atoms with Gasteiger partial charge >= 0.3 is 5.97 Å². The Morgan fingerprint density at radius 2 is 1.75 bits per heavy atom. The molecular weight excluding hydrogens is 582 g/mol. The van der Waals surface area contributed by atoms with E-state index in [1.165, 1.54) is 30.3 Å². The van der Waals surface area contributed by atoms with Crippen LogP contribution in [0.25, 0.3) is 6.08 Å². The number of aliphatic carboxylic acids is 1. The molecule has 0 amide bonds. The van der Waals surface area contributed by atoms with Gasteiger partial charge in [-0.3, -0.25) is 10.8 Å². The van der Waals surface area contributed by atoms with Crippen molar-refractivity contribution in [2.24, 2.45) is 5.73 Å². The first-order chi connectivity index (χ1) is 21.0. The van der Waals surface area contributed by atoms with Crippen LogP contribution in [0.4, 0.5) is 0 Å². The van der Waals surface area contributed by atoms with E-state index in [0.717, 1.165) is 43.3 Å². The van der Waals surface area contributed by atoms with Gasteiger partial charge in [-0.05, 0) is 66.9 Å². The number of piperidine rings is 1. The second kappa shape index (κ2) is 14.7. The van der Waals surface area contributed by atoms with Crippen molar-refractivity contribution in [1.29, 1.82) is 10.8 Å². The first-order valence-corrected chi connectivity index (χ1v) is 15.6. The molecule has 1 fully saturated rings. The van der Waals surface area contributed by atoms with Crippen LogP contribution in [0.2, 0.25) is 0 Å². The Balaban J connectivity index is 1.46. The van der Waals surface area contributed by atoms with Gasteiger partial charge < -0.3 is 25.2 Å². The van der Waals surface area contributed by atoms with Crippen LogP contribution >= 0.6 is 0 Å². The smallest absolute Gasteiger partial charge is 0.328 e. The molecule has 0 aliphatic carbocycles. The van der Waals surface area contributed by atoms with E-state index < -0.39 is 22.0 Å². The van der Waals surface area contributed by atoms with E-state index in [9.17, 15) is 13.2 Å². The maximum Gasteiger partial charge on any atom is 0.328 e. The van der Waals surface area contributed by atoms with Crippen molar-refractivity contribution < 1.29 is 27.8 Å². The molecule has 1 aliphatic heterocycles. The molecule has 4 rings (SSSR count). The zero-order valence-electron chi connectivity index (χ0n) is 24.4. The number of nitrogens with two attached hydrogens (primary N) is 1. The van der Waals surface area contributed by atoms with Gasteiger partial charge in [-0.1, -0.05) is 36.4 Å². The lowest BCUT2D eigenvalue weighted by atomic mass is 10.1. The van der Waals surface area contributed by atoms with E-state index >= 15 is 0 Å². The van der Waals surface area contributed by atoms with Gasteiger partial charge in [0.2, 0.25) is 10.0 Å². The van der Waals surface area contributed by atoms with Crippen LogP contribution in [0.3, 0.4) is 0 Å². The van der Waals surface area contributed by atoms with E-state index in [1.807, 2.05) is 29.2 Å². The quantitative estimate of drug-likeness (QED) is 0.109. The third-order valence-corrected chi connectivity index (χ3v) is 8.69. The molecule has 1 aliphatic rings. The molecule has 0 bridgehead atoms. The molecule has 3 aromatic carbocycles. The number of benzene rings is 3. The number of nitrogen functional groups attached to an aromatic ring is 1. The summed E-state index contributed by atoms with van der Waals surface area (Å²) >= 11 is 0. The highest BCUT2D eigenvalue weighted by Gasteiger charge is 2.23. The van der Waals surface area contributed by atoms with Gasteiger partial charge in [0.1, 0.15) is 30.0 Å². The van der Waals surface area contributed by atoms with E-state index in [-0.39, 0.29) is 23.4 Å². The van der Waals surface area contributed by atoms with Gasteiger partial charge in [0.15, 0.2) is 0 Å². The Kier molecular flexibility index (Phi) is 10.7. The zero-order valence-corrected chi connectivity index (χ0v) is 25.2.